The van der Waals surface area contributed by atoms with Crippen LogP contribution in [0.2, 0.25) is 10.0 Å². The first-order valence-electron chi connectivity index (χ1n) is 9.26. The van der Waals surface area contributed by atoms with E-state index in [1.807, 2.05) is 0 Å². The Labute approximate surface area is 189 Å². The number of nitro benzene ring substituents is 1. The molecule has 1 saturated heterocycles. The predicted molar refractivity (Wildman–Crippen MR) is 115 cm³/mol. The average molecular weight is 488 g/mol. The van der Waals surface area contributed by atoms with E-state index in [2.05, 4.69) is 0 Å². The first-order chi connectivity index (χ1) is 14.6. The normalized spacial score (nSPS) is 16.0. The molecule has 0 aliphatic carbocycles. The van der Waals surface area contributed by atoms with Crippen LogP contribution >= 0.6 is 23.2 Å². The molecule has 1 amide bonds. The van der Waals surface area contributed by atoms with Crippen molar-refractivity contribution in [2.45, 2.75) is 17.9 Å². The van der Waals surface area contributed by atoms with Crippen molar-refractivity contribution in [3.8, 4) is 5.75 Å². The summed E-state index contributed by atoms with van der Waals surface area (Å²) >= 11 is 12.0. The van der Waals surface area contributed by atoms with Gasteiger partial charge in [0.15, 0.2) is 11.0 Å². The van der Waals surface area contributed by atoms with E-state index in [9.17, 15) is 23.3 Å². The predicted octanol–water partition coefficient (Wildman–Crippen LogP) is 3.20. The Morgan fingerprint density at radius 1 is 1.10 bits per heavy atom. The second-order valence-corrected chi connectivity index (χ2v) is 9.46. The van der Waals surface area contributed by atoms with Gasteiger partial charge in [-0.3, -0.25) is 14.9 Å². The molecule has 1 unspecified atom stereocenters. The summed E-state index contributed by atoms with van der Waals surface area (Å²) in [6, 6.07) is 10.0. The largest absolute Gasteiger partial charge is 0.479 e. The number of carbonyl (C=O) groups excluding carboxylic acids is 1. The maximum absolute atomic E-state index is 12.9. The van der Waals surface area contributed by atoms with Crippen LogP contribution in [0.4, 0.5) is 5.69 Å². The van der Waals surface area contributed by atoms with Crippen molar-refractivity contribution < 1.29 is 22.9 Å². The van der Waals surface area contributed by atoms with Gasteiger partial charge in [-0.2, -0.15) is 4.31 Å². The van der Waals surface area contributed by atoms with Crippen molar-refractivity contribution in [1.29, 1.82) is 0 Å². The summed E-state index contributed by atoms with van der Waals surface area (Å²) in [5.74, 6) is -0.0635. The van der Waals surface area contributed by atoms with E-state index in [0.29, 0.717) is 5.02 Å². The number of hydrogen-bond donors (Lipinski definition) is 0. The molecule has 1 atom stereocenters. The monoisotopic (exact) mass is 487 g/mol. The number of para-hydroxylation sites is 1. The van der Waals surface area contributed by atoms with Gasteiger partial charge < -0.3 is 9.64 Å². The SMILES string of the molecule is CC(Oc1cccc(Cl)c1Cl)C(=O)N1CCN(S(=O)(=O)c2ccccc2[N+](=O)[O-])CC1. The number of nitro groups is 1. The molecule has 3 rings (SSSR count). The fourth-order valence-electron chi connectivity index (χ4n) is 3.19. The Hall–Kier alpha value is -2.40. The quantitative estimate of drug-likeness (QED) is 0.456. The van der Waals surface area contributed by atoms with Crippen LogP contribution in [0, 0.1) is 10.1 Å². The van der Waals surface area contributed by atoms with Crippen LogP contribution in [0.5, 0.6) is 5.75 Å². The lowest BCUT2D eigenvalue weighted by atomic mass is 10.2. The number of ether oxygens (including phenoxy) is 1. The maximum Gasteiger partial charge on any atom is 0.289 e. The van der Waals surface area contributed by atoms with Gasteiger partial charge in [-0.15, -0.1) is 0 Å². The van der Waals surface area contributed by atoms with Crippen LogP contribution in [0.3, 0.4) is 0 Å². The van der Waals surface area contributed by atoms with Crippen LogP contribution in [-0.2, 0) is 14.8 Å². The van der Waals surface area contributed by atoms with Crippen LogP contribution in [0.25, 0.3) is 0 Å². The zero-order valence-corrected chi connectivity index (χ0v) is 18.7. The summed E-state index contributed by atoms with van der Waals surface area (Å²) in [6.45, 7) is 1.82. The van der Waals surface area contributed by atoms with Gasteiger partial charge in [-0.05, 0) is 25.1 Å². The van der Waals surface area contributed by atoms with Gasteiger partial charge in [0.25, 0.3) is 11.6 Å². The van der Waals surface area contributed by atoms with E-state index < -0.39 is 26.7 Å². The van der Waals surface area contributed by atoms with Gasteiger partial charge in [0.2, 0.25) is 10.0 Å². The van der Waals surface area contributed by atoms with Crippen LogP contribution in [0.1, 0.15) is 6.92 Å². The molecule has 2 aromatic carbocycles. The number of benzene rings is 2. The first kappa shape index (κ1) is 23.3. The summed E-state index contributed by atoms with van der Waals surface area (Å²) in [6.07, 6.45) is -0.866. The topological polar surface area (TPSA) is 110 Å². The highest BCUT2D eigenvalue weighted by Gasteiger charge is 2.35. The molecule has 0 bridgehead atoms. The smallest absolute Gasteiger partial charge is 0.289 e. The first-order valence-corrected chi connectivity index (χ1v) is 11.5. The van der Waals surface area contributed by atoms with E-state index in [1.165, 1.54) is 23.1 Å². The van der Waals surface area contributed by atoms with Gasteiger partial charge in [-0.1, -0.05) is 41.4 Å². The van der Waals surface area contributed by atoms with Crippen molar-refractivity contribution in [1.82, 2.24) is 9.21 Å². The molecule has 12 heteroatoms. The van der Waals surface area contributed by atoms with Crippen molar-refractivity contribution in [3.05, 3.63) is 62.6 Å². The lowest BCUT2D eigenvalue weighted by molar-refractivity contribution is -0.387. The van der Waals surface area contributed by atoms with Crippen molar-refractivity contribution in [2.75, 3.05) is 26.2 Å². The van der Waals surface area contributed by atoms with Crippen molar-refractivity contribution >= 4 is 44.8 Å². The highest BCUT2D eigenvalue weighted by Crippen LogP contribution is 2.32. The van der Waals surface area contributed by atoms with E-state index >= 15 is 0 Å². The van der Waals surface area contributed by atoms with Crippen LogP contribution in [0.15, 0.2) is 47.4 Å². The minimum atomic E-state index is -4.08. The third-order valence-electron chi connectivity index (χ3n) is 4.80. The third-order valence-corrected chi connectivity index (χ3v) is 7.55. The zero-order chi connectivity index (χ0) is 22.8. The molecule has 0 aromatic heterocycles. The number of piperazine rings is 1. The fraction of sp³-hybridized carbons (Fsp3) is 0.316. The van der Waals surface area contributed by atoms with E-state index in [-0.39, 0.29) is 47.8 Å². The maximum atomic E-state index is 12.9. The van der Waals surface area contributed by atoms with E-state index in [0.717, 1.165) is 10.4 Å². The molecular formula is C19H19Cl2N3O6S. The van der Waals surface area contributed by atoms with E-state index in [4.69, 9.17) is 27.9 Å². The molecule has 1 heterocycles. The third kappa shape index (κ3) is 4.93. The van der Waals surface area contributed by atoms with Crippen LogP contribution < -0.4 is 4.74 Å². The molecule has 0 radical (unpaired) electrons. The highest BCUT2D eigenvalue weighted by atomic mass is 35.5. The second-order valence-electron chi connectivity index (χ2n) is 6.77. The van der Waals surface area contributed by atoms with Gasteiger partial charge in [0, 0.05) is 32.2 Å². The Morgan fingerprint density at radius 3 is 2.39 bits per heavy atom. The minimum absolute atomic E-state index is 0.00473. The Bertz CT molecular complexity index is 1100. The molecule has 1 aliphatic heterocycles. The number of hydrogen-bond acceptors (Lipinski definition) is 6. The molecular weight excluding hydrogens is 469 g/mol. The molecule has 9 nitrogen and oxygen atoms in total. The molecule has 31 heavy (non-hydrogen) atoms. The average Bonchev–Trinajstić information content (AvgIpc) is 2.76. The van der Waals surface area contributed by atoms with Gasteiger partial charge in [0.05, 0.1) is 9.95 Å². The number of nitrogens with zero attached hydrogens (tertiary/aromatic N) is 3. The number of halogens is 2. The summed E-state index contributed by atoms with van der Waals surface area (Å²) in [5.41, 5.74) is -0.485. The lowest BCUT2D eigenvalue weighted by Gasteiger charge is -2.35. The number of amides is 1. The molecule has 1 aliphatic rings. The lowest BCUT2D eigenvalue weighted by Crippen LogP contribution is -2.53. The summed E-state index contributed by atoms with van der Waals surface area (Å²) in [4.78, 5) is 24.3. The summed E-state index contributed by atoms with van der Waals surface area (Å²) in [5, 5.41) is 11.7. The number of sulfonamides is 1. The van der Waals surface area contributed by atoms with Gasteiger partial charge in [-0.25, -0.2) is 8.42 Å². The van der Waals surface area contributed by atoms with E-state index in [1.54, 1.807) is 25.1 Å². The fourth-order valence-corrected chi connectivity index (χ4v) is 5.10. The zero-order valence-electron chi connectivity index (χ0n) is 16.4. The molecule has 0 spiro atoms. The molecule has 0 saturated carbocycles. The standard InChI is InChI=1S/C19H19Cl2N3O6S/c1-13(30-16-7-4-5-14(20)18(16)21)19(25)22-9-11-23(12-10-22)31(28,29)17-8-3-2-6-15(17)24(26)27/h2-8,13H,9-12H2,1H3. The van der Waals surface area contributed by atoms with Crippen LogP contribution in [-0.4, -0.2) is 60.7 Å². The summed E-state index contributed by atoms with van der Waals surface area (Å²) < 4.78 is 32.6. The molecule has 1 fully saturated rings. The van der Waals surface area contributed by atoms with Crippen molar-refractivity contribution in [3.63, 3.8) is 0 Å². The minimum Gasteiger partial charge on any atom is -0.479 e. The Balaban J connectivity index is 1.67. The van der Waals surface area contributed by atoms with Crippen molar-refractivity contribution in [2.24, 2.45) is 0 Å². The molecule has 2 aromatic rings. The van der Waals surface area contributed by atoms with Gasteiger partial charge in [0.1, 0.15) is 10.8 Å². The Kier molecular flexibility index (Phi) is 7.05. The molecule has 0 N–H and O–H groups in total. The Morgan fingerprint density at radius 2 is 1.74 bits per heavy atom. The molecule has 166 valence electrons. The number of rotatable bonds is 6. The summed E-state index contributed by atoms with van der Waals surface area (Å²) in [7, 11) is -4.08. The van der Waals surface area contributed by atoms with Gasteiger partial charge >= 0.3 is 0 Å². The second kappa shape index (κ2) is 9.39. The number of carbonyl (C=O) groups is 1. The highest BCUT2D eigenvalue weighted by molar-refractivity contribution is 7.89.